The molecule has 0 aliphatic heterocycles. The van der Waals surface area contributed by atoms with Crippen molar-refractivity contribution in [2.75, 3.05) is 0 Å². The van der Waals surface area contributed by atoms with Crippen LogP contribution in [0.2, 0.25) is 5.02 Å². The molecular formula is C16H19ClN2. The topological polar surface area (TPSA) is 30.9 Å². The van der Waals surface area contributed by atoms with Gasteiger partial charge in [0, 0.05) is 30.0 Å². The summed E-state index contributed by atoms with van der Waals surface area (Å²) < 4.78 is 2.25. The smallest absolute Gasteiger partial charge is 0.0470 e. The largest absolute Gasteiger partial charge is 0.349 e. The molecule has 2 nitrogen and oxygen atoms in total. The monoisotopic (exact) mass is 274 g/mol. The lowest BCUT2D eigenvalue weighted by atomic mass is 10.1. The lowest BCUT2D eigenvalue weighted by Crippen LogP contribution is -2.09. The highest BCUT2D eigenvalue weighted by Gasteiger charge is 2.17. The molecular weight excluding hydrogens is 256 g/mol. The average Bonchev–Trinajstić information content (AvgIpc) is 2.72. The Hall–Kier alpha value is -1.25. The molecule has 1 aliphatic carbocycles. The van der Waals surface area contributed by atoms with Crippen molar-refractivity contribution in [3.05, 3.63) is 58.4 Å². The summed E-state index contributed by atoms with van der Waals surface area (Å²) in [6.07, 6.45) is 9.25. The molecule has 19 heavy (non-hydrogen) atoms. The second-order valence-electron chi connectivity index (χ2n) is 5.39. The molecule has 0 bridgehead atoms. The van der Waals surface area contributed by atoms with Crippen LogP contribution in [-0.2, 0) is 13.0 Å². The molecule has 0 radical (unpaired) electrons. The molecule has 3 rings (SSSR count). The van der Waals surface area contributed by atoms with Gasteiger partial charge >= 0.3 is 0 Å². The van der Waals surface area contributed by atoms with Crippen LogP contribution in [0.5, 0.6) is 0 Å². The van der Waals surface area contributed by atoms with Gasteiger partial charge in [0.15, 0.2) is 0 Å². The van der Waals surface area contributed by atoms with E-state index in [4.69, 9.17) is 17.3 Å². The van der Waals surface area contributed by atoms with Crippen LogP contribution in [0, 0.1) is 0 Å². The summed E-state index contributed by atoms with van der Waals surface area (Å²) >= 11 is 5.91. The van der Waals surface area contributed by atoms with E-state index >= 15 is 0 Å². The number of nitrogens with zero attached hydrogens (tertiary/aromatic N) is 1. The Morgan fingerprint density at radius 3 is 2.74 bits per heavy atom. The Morgan fingerprint density at radius 1 is 1.16 bits per heavy atom. The van der Waals surface area contributed by atoms with E-state index in [2.05, 4.69) is 29.1 Å². The number of halogens is 1. The van der Waals surface area contributed by atoms with Gasteiger partial charge in [-0.15, -0.1) is 0 Å². The normalized spacial score (nSPS) is 18.9. The molecule has 0 amide bonds. The van der Waals surface area contributed by atoms with E-state index in [1.807, 2.05) is 12.1 Å². The van der Waals surface area contributed by atoms with Crippen molar-refractivity contribution in [3.8, 4) is 0 Å². The molecule has 100 valence electrons. The fourth-order valence-electron chi connectivity index (χ4n) is 2.84. The number of hydrogen-bond acceptors (Lipinski definition) is 1. The summed E-state index contributed by atoms with van der Waals surface area (Å²) in [6, 6.07) is 8.25. The second-order valence-corrected chi connectivity index (χ2v) is 5.83. The number of hydrogen-bond donors (Lipinski definition) is 1. The highest BCUT2D eigenvalue weighted by atomic mass is 35.5. The van der Waals surface area contributed by atoms with Crippen LogP contribution in [0.3, 0.4) is 0 Å². The van der Waals surface area contributed by atoms with E-state index in [0.29, 0.717) is 0 Å². The van der Waals surface area contributed by atoms with Crippen LogP contribution in [0.4, 0.5) is 0 Å². The number of fused-ring (bicyclic) bond motifs is 1. The Labute approximate surface area is 119 Å². The third-order valence-electron chi connectivity index (χ3n) is 3.89. The third kappa shape index (κ3) is 2.85. The molecule has 0 spiro atoms. The standard InChI is InChI=1S/C16H19ClN2/c17-14-7-5-12(6-8-14)9-19-10-13-3-1-2-4-16(18)15(13)11-19/h5-8,10-11,16H,1-4,9,18H2. The van der Waals surface area contributed by atoms with Crippen molar-refractivity contribution < 1.29 is 0 Å². The zero-order chi connectivity index (χ0) is 13.2. The minimum absolute atomic E-state index is 0.212. The van der Waals surface area contributed by atoms with Gasteiger partial charge in [-0.25, -0.2) is 0 Å². The van der Waals surface area contributed by atoms with Gasteiger partial charge in [-0.3, -0.25) is 0 Å². The van der Waals surface area contributed by atoms with E-state index in [-0.39, 0.29) is 6.04 Å². The SMILES string of the molecule is NC1CCCCc2cn(Cc3ccc(Cl)cc3)cc21. The molecule has 1 heterocycles. The number of aryl methyl sites for hydroxylation is 1. The van der Waals surface area contributed by atoms with Gasteiger partial charge in [-0.2, -0.15) is 0 Å². The summed E-state index contributed by atoms with van der Waals surface area (Å²) in [4.78, 5) is 0. The molecule has 2 N–H and O–H groups in total. The first kappa shape index (κ1) is 12.8. The van der Waals surface area contributed by atoms with E-state index in [1.54, 1.807) is 0 Å². The van der Waals surface area contributed by atoms with Crippen LogP contribution in [0.1, 0.15) is 42.0 Å². The minimum Gasteiger partial charge on any atom is -0.349 e. The first-order chi connectivity index (χ1) is 9.22. The van der Waals surface area contributed by atoms with Crippen LogP contribution in [0.25, 0.3) is 0 Å². The van der Waals surface area contributed by atoms with Gasteiger partial charge < -0.3 is 10.3 Å². The summed E-state index contributed by atoms with van der Waals surface area (Å²) in [6.45, 7) is 0.886. The molecule has 1 atom stereocenters. The quantitative estimate of drug-likeness (QED) is 0.827. The molecule has 1 aromatic carbocycles. The van der Waals surface area contributed by atoms with Gasteiger partial charge in [0.2, 0.25) is 0 Å². The fraction of sp³-hybridized carbons (Fsp3) is 0.375. The Balaban J connectivity index is 1.82. The first-order valence-corrected chi connectivity index (χ1v) is 7.29. The molecule has 1 aliphatic rings. The van der Waals surface area contributed by atoms with Gasteiger partial charge in [-0.1, -0.05) is 30.2 Å². The minimum atomic E-state index is 0.212. The summed E-state index contributed by atoms with van der Waals surface area (Å²) in [5.74, 6) is 0. The molecule has 0 saturated heterocycles. The van der Waals surface area contributed by atoms with E-state index < -0.39 is 0 Å². The van der Waals surface area contributed by atoms with Gasteiger partial charge in [0.25, 0.3) is 0 Å². The van der Waals surface area contributed by atoms with Crippen molar-refractivity contribution in [2.24, 2.45) is 5.73 Å². The zero-order valence-corrected chi connectivity index (χ0v) is 11.7. The fourth-order valence-corrected chi connectivity index (χ4v) is 2.97. The van der Waals surface area contributed by atoms with Crippen LogP contribution >= 0.6 is 11.6 Å². The molecule has 0 saturated carbocycles. The van der Waals surface area contributed by atoms with Gasteiger partial charge in [0.1, 0.15) is 0 Å². The van der Waals surface area contributed by atoms with Crippen molar-refractivity contribution >= 4 is 11.6 Å². The van der Waals surface area contributed by atoms with E-state index in [1.165, 1.54) is 29.5 Å². The molecule has 1 aromatic heterocycles. The number of nitrogens with two attached hydrogens (primary N) is 1. The van der Waals surface area contributed by atoms with Gasteiger partial charge in [0.05, 0.1) is 0 Å². The van der Waals surface area contributed by atoms with E-state index in [0.717, 1.165) is 24.4 Å². The highest BCUT2D eigenvalue weighted by molar-refractivity contribution is 6.30. The molecule has 2 aromatic rings. The number of aromatic nitrogens is 1. The summed E-state index contributed by atoms with van der Waals surface area (Å²) in [5.41, 5.74) is 10.3. The maximum atomic E-state index is 6.24. The second kappa shape index (κ2) is 5.40. The van der Waals surface area contributed by atoms with Crippen molar-refractivity contribution in [2.45, 2.75) is 38.3 Å². The number of rotatable bonds is 2. The number of benzene rings is 1. The van der Waals surface area contributed by atoms with Gasteiger partial charge in [-0.05, 0) is 48.1 Å². The maximum Gasteiger partial charge on any atom is 0.0470 e. The zero-order valence-electron chi connectivity index (χ0n) is 11.0. The van der Waals surface area contributed by atoms with Crippen molar-refractivity contribution in [3.63, 3.8) is 0 Å². The molecule has 0 fully saturated rings. The van der Waals surface area contributed by atoms with Crippen LogP contribution in [0.15, 0.2) is 36.7 Å². The molecule has 1 unspecified atom stereocenters. The average molecular weight is 275 g/mol. The molecule has 3 heteroatoms. The van der Waals surface area contributed by atoms with Crippen LogP contribution in [-0.4, -0.2) is 4.57 Å². The Kier molecular flexibility index (Phi) is 3.63. The lowest BCUT2D eigenvalue weighted by Gasteiger charge is -2.07. The first-order valence-electron chi connectivity index (χ1n) is 6.91. The third-order valence-corrected chi connectivity index (χ3v) is 4.14. The van der Waals surface area contributed by atoms with Crippen molar-refractivity contribution in [1.29, 1.82) is 0 Å². The maximum absolute atomic E-state index is 6.24. The predicted molar refractivity (Wildman–Crippen MR) is 79.5 cm³/mol. The van der Waals surface area contributed by atoms with Crippen LogP contribution < -0.4 is 5.73 Å². The Bertz CT molecular complexity index is 557. The highest BCUT2D eigenvalue weighted by Crippen LogP contribution is 2.28. The lowest BCUT2D eigenvalue weighted by molar-refractivity contribution is 0.610. The summed E-state index contributed by atoms with van der Waals surface area (Å²) in [5, 5.41) is 0.786. The summed E-state index contributed by atoms with van der Waals surface area (Å²) in [7, 11) is 0. The van der Waals surface area contributed by atoms with Crippen molar-refractivity contribution in [1.82, 2.24) is 4.57 Å². The van der Waals surface area contributed by atoms with E-state index in [9.17, 15) is 0 Å². The Morgan fingerprint density at radius 2 is 1.95 bits per heavy atom. The predicted octanol–water partition coefficient (Wildman–Crippen LogP) is 3.92.